The Labute approximate surface area is 784 Å². The van der Waals surface area contributed by atoms with Gasteiger partial charge in [0.25, 0.3) is 0 Å². The highest BCUT2D eigenvalue weighted by Crippen LogP contribution is 2.34. The van der Waals surface area contributed by atoms with Gasteiger partial charge in [-0.15, -0.1) is 0 Å². The number of aliphatic carboxylic acids is 1. The molecule has 714 valence electrons. The number of esters is 6. The average Bonchev–Trinajstić information content (AvgIpc) is 1.30. The Hall–Kier alpha value is -9.30. The number of amides is 1. The number of benzene rings is 7. The Bertz CT molecular complexity index is 4150. The van der Waals surface area contributed by atoms with E-state index >= 15 is 0 Å². The largest absolute Gasteiger partial charge is 0.481 e. The number of alkyl halides is 1. The number of aliphatic hydroxyl groups is 2. The van der Waals surface area contributed by atoms with Crippen LogP contribution >= 0.6 is 15.9 Å². The Morgan fingerprint density at radius 3 is 1.14 bits per heavy atom. The van der Waals surface area contributed by atoms with Crippen molar-refractivity contribution in [2.24, 2.45) is 112 Å². The summed E-state index contributed by atoms with van der Waals surface area (Å²) in [5, 5.41) is 29.2. The number of rotatable bonds is 38. The third-order valence-corrected chi connectivity index (χ3v) is 25.1. The van der Waals surface area contributed by atoms with Crippen LogP contribution in [0.15, 0.2) is 212 Å². The molecule has 2 heterocycles. The van der Waals surface area contributed by atoms with Gasteiger partial charge >= 0.3 is 41.8 Å². The number of aliphatic hydroxyl groups excluding tert-OH is 2. The number of hydrogen-bond acceptors (Lipinski definition) is 16. The van der Waals surface area contributed by atoms with Crippen LogP contribution in [0.5, 0.6) is 0 Å². The minimum atomic E-state index is -0.856. The second-order valence-corrected chi connectivity index (χ2v) is 37.5. The molecule has 2 aliphatic heterocycles. The van der Waals surface area contributed by atoms with Crippen LogP contribution < -0.4 is 0 Å². The Morgan fingerprint density at radius 2 is 0.814 bits per heavy atom. The van der Waals surface area contributed by atoms with E-state index in [9.17, 15) is 43.5 Å². The van der Waals surface area contributed by atoms with Gasteiger partial charge in [0.05, 0.1) is 82.4 Å². The van der Waals surface area contributed by atoms with Gasteiger partial charge in [-0.2, -0.15) is 0 Å². The van der Waals surface area contributed by atoms with Crippen molar-refractivity contribution >= 4 is 63.6 Å². The van der Waals surface area contributed by atoms with E-state index in [1.807, 2.05) is 174 Å². The number of cyclic esters (lactones) is 2. The van der Waals surface area contributed by atoms with Crippen LogP contribution in [0.1, 0.15) is 210 Å². The van der Waals surface area contributed by atoms with E-state index in [4.69, 9.17) is 38.6 Å². The topological polar surface area (TPSA) is 256 Å². The summed E-state index contributed by atoms with van der Waals surface area (Å²) in [5.41, 5.74) is 8.22. The fourth-order valence-electron chi connectivity index (χ4n) is 14.7. The molecular formula is C110H160BrNO17. The lowest BCUT2D eigenvalue weighted by Gasteiger charge is -2.33. The SMILES string of the molecule is CC(=O)OC[C@@H](CC(=O)O)C(C)C.CC(=O)OC[C@@H](Cc1ccccc1)C(C)C.CC(C)[C@@H](CO)Cc1ccccc1.CC(C)[C@@H]1COC(=O)[C@@H]1Cc1ccccc1.CC(C)[C@H](Cc1ccccc1)C(=O)N(C)[C@@H](C)[C@@H](O)c1ccccc1.CC(C)[C@H]1COC(=O)C1.CCOC(=O)[C@@H](Cc1ccccc1)C(CBr)C(C)C.CCOC(=O)[C@@H](Cc1ccccc1)[C@H](C)C(C)C. The van der Waals surface area contributed by atoms with Crippen LogP contribution in [-0.4, -0.2) is 133 Å². The Morgan fingerprint density at radius 1 is 0.442 bits per heavy atom. The van der Waals surface area contributed by atoms with Crippen molar-refractivity contribution in [3.63, 3.8) is 0 Å². The molecule has 19 heteroatoms. The second-order valence-electron chi connectivity index (χ2n) is 36.9. The van der Waals surface area contributed by atoms with Crippen molar-refractivity contribution in [1.82, 2.24) is 4.90 Å². The molecule has 1 unspecified atom stereocenters. The fraction of sp³-hybridized carbons (Fsp3) is 0.545. The van der Waals surface area contributed by atoms with Gasteiger partial charge in [0, 0.05) is 56.5 Å². The van der Waals surface area contributed by atoms with Crippen molar-refractivity contribution in [2.75, 3.05) is 58.6 Å². The number of likely N-dealkylation sites (N-methyl/N-ethyl adjacent to an activating group) is 1. The number of halogens is 1. The first-order valence-electron chi connectivity index (χ1n) is 46.8. The lowest BCUT2D eigenvalue weighted by atomic mass is 9.81. The van der Waals surface area contributed by atoms with Crippen LogP contribution in [0.4, 0.5) is 0 Å². The number of nitrogens with zero attached hydrogens (tertiary/aromatic N) is 1. The predicted molar refractivity (Wildman–Crippen MR) is 523 cm³/mol. The highest BCUT2D eigenvalue weighted by Gasteiger charge is 2.39. The highest BCUT2D eigenvalue weighted by atomic mass is 79.9. The summed E-state index contributed by atoms with van der Waals surface area (Å²) in [5.74, 6) is 3.91. The molecule has 9 rings (SSSR count). The van der Waals surface area contributed by atoms with Gasteiger partial charge in [0.2, 0.25) is 5.91 Å². The molecule has 18 nitrogen and oxygen atoms in total. The maximum Gasteiger partial charge on any atom is 0.309 e. The molecule has 2 aliphatic rings. The maximum absolute atomic E-state index is 13.1. The zero-order chi connectivity index (χ0) is 96.7. The van der Waals surface area contributed by atoms with Gasteiger partial charge in [0.1, 0.15) is 0 Å². The van der Waals surface area contributed by atoms with E-state index in [1.54, 1.807) is 11.9 Å². The minimum Gasteiger partial charge on any atom is -0.481 e. The molecule has 129 heavy (non-hydrogen) atoms. The first kappa shape index (κ1) is 116. The van der Waals surface area contributed by atoms with Crippen molar-refractivity contribution < 1.29 is 82.1 Å². The zero-order valence-electron chi connectivity index (χ0n) is 82.0. The molecule has 0 aromatic heterocycles. The monoisotopic (exact) mass is 1850 g/mol. The quantitative estimate of drug-likeness (QED) is 0.0185. The number of ether oxygens (including phenoxy) is 6. The van der Waals surface area contributed by atoms with Gasteiger partial charge in [-0.1, -0.05) is 346 Å². The van der Waals surface area contributed by atoms with Crippen LogP contribution in [-0.2, 0) is 105 Å². The number of carboxylic acids is 1. The molecule has 7 aromatic carbocycles. The van der Waals surface area contributed by atoms with Gasteiger partial charge in [0.15, 0.2) is 0 Å². The van der Waals surface area contributed by atoms with Gasteiger partial charge in [-0.25, -0.2) is 0 Å². The zero-order valence-corrected chi connectivity index (χ0v) is 83.6. The van der Waals surface area contributed by atoms with Crippen molar-refractivity contribution in [2.45, 2.75) is 216 Å². The van der Waals surface area contributed by atoms with Gasteiger partial charge < -0.3 is 48.6 Å². The first-order valence-corrected chi connectivity index (χ1v) is 47.9. The van der Waals surface area contributed by atoms with Crippen molar-refractivity contribution in [3.05, 3.63) is 251 Å². The summed E-state index contributed by atoms with van der Waals surface area (Å²) in [6.45, 7) is 47.4. The molecule has 1 amide bonds. The van der Waals surface area contributed by atoms with E-state index in [2.05, 4.69) is 193 Å². The lowest BCUT2D eigenvalue weighted by Crippen LogP contribution is -2.44. The molecule has 13 atom stereocenters. The van der Waals surface area contributed by atoms with E-state index in [0.29, 0.717) is 110 Å². The predicted octanol–water partition coefficient (Wildman–Crippen LogP) is 22.6. The third-order valence-electron chi connectivity index (χ3n) is 24.4. The summed E-state index contributed by atoms with van der Waals surface area (Å²) < 4.78 is 30.3. The molecule has 0 bridgehead atoms. The summed E-state index contributed by atoms with van der Waals surface area (Å²) in [4.78, 5) is 93.0. The maximum atomic E-state index is 13.1. The standard InChI is InChI=1S/C22H29NO2.C16H23BrO2.C16H24O2.C14H18O2.C14H20O2.C12H18O.C9H16O4.C7H12O2/c1-16(2)20(15-18-11-7-5-8-12-18)22(25)23(4)17(3)21(24)19-13-9-6-10-14-19;1-4-19-16(18)14(15(11-17)12(2)3)10-13-8-6-5-7-9-13;1-5-18-16(17)15(13(4)12(2)3)11-14-9-7-6-8-10-14;1-10(2)13-9-16-14(15)12(13)8-11-6-4-3-5-7-11;1-11(2)14(10-16-12(3)15)9-13-7-5-4-6-8-13;1-10(2)12(9-13)8-11-6-4-3-5-7-11;1-6(2)8(4-9(11)12)5-13-7(3)10;1-5(2)6-3-7(8)9-4-6/h5-14,16-17,20-21,24H,15H2,1-4H3;5-9,12,14-15H,4,10-11H2,1-3H3;6-10,12-13,15H,5,11H2,1-4H3;3-7,10,12-13H,8-9H2,1-2H3;4-8,11,14H,9-10H2,1-3H3;3-7,10,12-13H,8-9H2,1-2H3;6,8H,4-5H2,1-3H3,(H,11,12);5-6H,3-4H2,1-2H3/t17-,20-,21+;14-,15?;13-,15+;12-,13+;14-;12-;8-;6-/m00111111/s1. The van der Waals surface area contributed by atoms with Crippen LogP contribution in [0.3, 0.4) is 0 Å². The van der Waals surface area contributed by atoms with E-state index in [1.165, 1.54) is 47.2 Å². The Balaban J connectivity index is 0.000000506. The number of carbonyl (C=O) groups excluding carboxylic acids is 7. The average molecular weight is 1850 g/mol. The smallest absolute Gasteiger partial charge is 0.309 e. The molecule has 7 aromatic rings. The van der Waals surface area contributed by atoms with Crippen LogP contribution in [0.2, 0.25) is 0 Å². The lowest BCUT2D eigenvalue weighted by molar-refractivity contribution is -0.151. The van der Waals surface area contributed by atoms with Crippen molar-refractivity contribution in [1.29, 1.82) is 0 Å². The summed E-state index contributed by atoms with van der Waals surface area (Å²) in [6, 6.07) is 70.5. The summed E-state index contributed by atoms with van der Waals surface area (Å²) in [6.07, 6.45) is 4.95. The number of hydrogen-bond donors (Lipinski definition) is 3. The third kappa shape index (κ3) is 47.4. The van der Waals surface area contributed by atoms with E-state index in [0.717, 1.165) is 49.4 Å². The van der Waals surface area contributed by atoms with Gasteiger partial charge in [-0.05, 0) is 169 Å². The second kappa shape index (κ2) is 65.3. The molecule has 2 fully saturated rings. The molecular weight excluding hydrogens is 1690 g/mol. The van der Waals surface area contributed by atoms with Gasteiger partial charge in [-0.3, -0.25) is 38.4 Å². The fourth-order valence-corrected chi connectivity index (χ4v) is 15.9. The normalized spacial score (nSPS) is 16.1. The molecule has 0 saturated carbocycles. The molecule has 0 aliphatic carbocycles. The molecule has 0 radical (unpaired) electrons. The molecule has 2 saturated heterocycles. The summed E-state index contributed by atoms with van der Waals surface area (Å²) in [7, 11) is 1.79. The van der Waals surface area contributed by atoms with E-state index in [-0.39, 0.29) is 109 Å². The van der Waals surface area contributed by atoms with E-state index < -0.39 is 12.1 Å². The molecule has 0 spiro atoms. The van der Waals surface area contributed by atoms with Crippen LogP contribution in [0.25, 0.3) is 0 Å². The molecule has 3 N–H and O–H groups in total. The highest BCUT2D eigenvalue weighted by molar-refractivity contribution is 9.09. The minimum absolute atomic E-state index is 0.0254. The number of carboxylic acid groups (broad SMARTS) is 1. The summed E-state index contributed by atoms with van der Waals surface area (Å²) >= 11 is 3.54. The van der Waals surface area contributed by atoms with Crippen LogP contribution in [0, 0.1) is 112 Å². The van der Waals surface area contributed by atoms with Crippen molar-refractivity contribution in [3.8, 4) is 0 Å². The first-order chi connectivity index (χ1) is 61.2. The Kier molecular flexibility index (Phi) is 58.6. The number of carbonyl (C=O) groups is 8.